The number of rotatable bonds is 7. The first-order valence-electron chi connectivity index (χ1n) is 7.41. The second kappa shape index (κ2) is 8.48. The monoisotopic (exact) mass is 255 g/mol. The Morgan fingerprint density at radius 2 is 2.06 bits per heavy atom. The molecule has 106 valence electrons. The lowest BCUT2D eigenvalue weighted by Crippen LogP contribution is -2.48. The highest BCUT2D eigenvalue weighted by molar-refractivity contribution is 5.81. The van der Waals surface area contributed by atoms with Crippen LogP contribution in [-0.4, -0.2) is 49.6 Å². The molecule has 1 rings (SSSR count). The number of carbonyl (C=O) groups is 1. The fraction of sp³-hybridized carbons (Fsp3) is 0.929. The second-order valence-corrected chi connectivity index (χ2v) is 5.26. The van der Waals surface area contributed by atoms with E-state index in [4.69, 9.17) is 0 Å². The summed E-state index contributed by atoms with van der Waals surface area (Å²) in [5, 5.41) is 6.32. The average Bonchev–Trinajstić information content (AvgIpc) is 2.39. The summed E-state index contributed by atoms with van der Waals surface area (Å²) in [6.45, 7) is 11.2. The van der Waals surface area contributed by atoms with Crippen LogP contribution in [0.15, 0.2) is 0 Å². The van der Waals surface area contributed by atoms with E-state index in [1.165, 1.54) is 12.8 Å². The molecule has 0 radical (unpaired) electrons. The molecule has 0 spiro atoms. The Kier molecular flexibility index (Phi) is 7.28. The zero-order valence-corrected chi connectivity index (χ0v) is 12.2. The van der Waals surface area contributed by atoms with Crippen LogP contribution >= 0.6 is 0 Å². The number of carbonyl (C=O) groups excluding carboxylic acids is 1. The van der Waals surface area contributed by atoms with Crippen molar-refractivity contribution in [2.75, 3.05) is 32.7 Å². The van der Waals surface area contributed by atoms with E-state index in [1.54, 1.807) is 0 Å². The van der Waals surface area contributed by atoms with Crippen LogP contribution in [0.3, 0.4) is 0 Å². The molecule has 1 heterocycles. The molecule has 0 saturated carbocycles. The summed E-state index contributed by atoms with van der Waals surface area (Å²) in [6, 6.07) is -0.000198. The molecule has 2 N–H and O–H groups in total. The summed E-state index contributed by atoms with van der Waals surface area (Å²) in [5.74, 6) is 0.912. The van der Waals surface area contributed by atoms with E-state index in [2.05, 4.69) is 22.5 Å². The van der Waals surface area contributed by atoms with Gasteiger partial charge in [-0.25, -0.2) is 0 Å². The third-order valence-electron chi connectivity index (χ3n) is 3.74. The third-order valence-corrected chi connectivity index (χ3v) is 3.74. The molecular formula is C14H29N3O. The second-order valence-electron chi connectivity index (χ2n) is 5.26. The Hall–Kier alpha value is -0.610. The van der Waals surface area contributed by atoms with Gasteiger partial charge >= 0.3 is 0 Å². The first-order valence-corrected chi connectivity index (χ1v) is 7.41. The van der Waals surface area contributed by atoms with Gasteiger partial charge in [0.1, 0.15) is 0 Å². The number of nitrogens with zero attached hydrogens (tertiary/aromatic N) is 1. The summed E-state index contributed by atoms with van der Waals surface area (Å²) in [5.41, 5.74) is 0. The van der Waals surface area contributed by atoms with Gasteiger partial charge in [0.25, 0.3) is 0 Å². The van der Waals surface area contributed by atoms with Crippen molar-refractivity contribution in [3.8, 4) is 0 Å². The predicted molar refractivity (Wildman–Crippen MR) is 75.6 cm³/mol. The van der Waals surface area contributed by atoms with Gasteiger partial charge in [0.2, 0.25) is 5.91 Å². The van der Waals surface area contributed by atoms with Crippen LogP contribution in [0, 0.1) is 5.92 Å². The van der Waals surface area contributed by atoms with E-state index in [0.717, 1.165) is 45.1 Å². The van der Waals surface area contributed by atoms with Crippen molar-refractivity contribution in [3.63, 3.8) is 0 Å². The summed E-state index contributed by atoms with van der Waals surface area (Å²) in [7, 11) is 0. The van der Waals surface area contributed by atoms with E-state index >= 15 is 0 Å². The zero-order chi connectivity index (χ0) is 13.4. The average molecular weight is 255 g/mol. The van der Waals surface area contributed by atoms with Gasteiger partial charge < -0.3 is 10.6 Å². The van der Waals surface area contributed by atoms with E-state index in [-0.39, 0.29) is 11.9 Å². The maximum absolute atomic E-state index is 11.9. The molecule has 0 bridgehead atoms. The number of amides is 1. The van der Waals surface area contributed by atoms with E-state index < -0.39 is 0 Å². The lowest BCUT2D eigenvalue weighted by Gasteiger charge is -2.33. The molecule has 0 aromatic rings. The highest BCUT2D eigenvalue weighted by atomic mass is 16.2. The smallest absolute Gasteiger partial charge is 0.237 e. The lowest BCUT2D eigenvalue weighted by atomic mass is 9.97. The van der Waals surface area contributed by atoms with Crippen molar-refractivity contribution in [2.24, 2.45) is 5.92 Å². The van der Waals surface area contributed by atoms with E-state index in [0.29, 0.717) is 0 Å². The lowest BCUT2D eigenvalue weighted by molar-refractivity contribution is -0.126. The Morgan fingerprint density at radius 1 is 1.39 bits per heavy atom. The third kappa shape index (κ3) is 4.94. The van der Waals surface area contributed by atoms with Gasteiger partial charge in [-0.3, -0.25) is 9.69 Å². The Balaban J connectivity index is 2.48. The number of hydrogen-bond donors (Lipinski definition) is 2. The van der Waals surface area contributed by atoms with Crippen molar-refractivity contribution in [1.82, 2.24) is 15.5 Å². The van der Waals surface area contributed by atoms with Crippen molar-refractivity contribution in [1.29, 1.82) is 0 Å². The van der Waals surface area contributed by atoms with Crippen molar-refractivity contribution in [3.05, 3.63) is 0 Å². The summed E-state index contributed by atoms with van der Waals surface area (Å²) >= 11 is 0. The van der Waals surface area contributed by atoms with Gasteiger partial charge in [-0.2, -0.15) is 0 Å². The fourth-order valence-corrected chi connectivity index (χ4v) is 2.61. The van der Waals surface area contributed by atoms with Crippen LogP contribution in [-0.2, 0) is 4.79 Å². The quantitative estimate of drug-likeness (QED) is 0.719. The first-order chi connectivity index (χ1) is 8.69. The van der Waals surface area contributed by atoms with Crippen LogP contribution in [0.5, 0.6) is 0 Å². The van der Waals surface area contributed by atoms with Crippen LogP contribution in [0.2, 0.25) is 0 Å². The molecule has 0 aromatic heterocycles. The van der Waals surface area contributed by atoms with Crippen molar-refractivity contribution in [2.45, 2.75) is 46.1 Å². The largest absolute Gasteiger partial charge is 0.355 e. The minimum absolute atomic E-state index is 0.000198. The van der Waals surface area contributed by atoms with Crippen molar-refractivity contribution < 1.29 is 4.79 Å². The molecule has 4 nitrogen and oxygen atoms in total. The molecule has 1 amide bonds. The summed E-state index contributed by atoms with van der Waals surface area (Å²) in [4.78, 5) is 14.3. The highest BCUT2D eigenvalue weighted by Crippen LogP contribution is 2.15. The Bertz CT molecular complexity index is 239. The number of likely N-dealkylation sites (N-methyl/N-ethyl adjacent to an activating group) is 1. The molecule has 0 aliphatic carbocycles. The molecule has 1 fully saturated rings. The maximum atomic E-state index is 11.9. The summed E-state index contributed by atoms with van der Waals surface area (Å²) in [6.07, 6.45) is 3.58. The topological polar surface area (TPSA) is 44.4 Å². The van der Waals surface area contributed by atoms with Gasteiger partial charge in [-0.15, -0.1) is 0 Å². The maximum Gasteiger partial charge on any atom is 0.237 e. The van der Waals surface area contributed by atoms with Crippen LogP contribution < -0.4 is 10.6 Å². The number of hydrogen-bond acceptors (Lipinski definition) is 3. The SMILES string of the molecule is CCCN(CC1CCNCC1)C(C)C(=O)NCC. The normalized spacial score (nSPS) is 18.9. The minimum atomic E-state index is -0.000198. The highest BCUT2D eigenvalue weighted by Gasteiger charge is 2.23. The summed E-state index contributed by atoms with van der Waals surface area (Å²) < 4.78 is 0. The molecule has 18 heavy (non-hydrogen) atoms. The van der Waals surface area contributed by atoms with Gasteiger partial charge in [-0.05, 0) is 58.7 Å². The van der Waals surface area contributed by atoms with Gasteiger partial charge in [0.15, 0.2) is 0 Å². The molecule has 1 aliphatic heterocycles. The molecule has 1 unspecified atom stereocenters. The van der Waals surface area contributed by atoms with Gasteiger partial charge in [0, 0.05) is 13.1 Å². The van der Waals surface area contributed by atoms with Crippen LogP contribution in [0.4, 0.5) is 0 Å². The molecule has 4 heteroatoms. The van der Waals surface area contributed by atoms with Crippen LogP contribution in [0.25, 0.3) is 0 Å². The zero-order valence-electron chi connectivity index (χ0n) is 12.2. The molecule has 1 aliphatic rings. The molecular weight excluding hydrogens is 226 g/mol. The van der Waals surface area contributed by atoms with Gasteiger partial charge in [-0.1, -0.05) is 6.92 Å². The molecule has 1 atom stereocenters. The minimum Gasteiger partial charge on any atom is -0.355 e. The fourth-order valence-electron chi connectivity index (χ4n) is 2.61. The molecule has 1 saturated heterocycles. The van der Waals surface area contributed by atoms with Gasteiger partial charge in [0.05, 0.1) is 6.04 Å². The molecule has 0 aromatic carbocycles. The Labute approximate surface area is 111 Å². The number of piperidine rings is 1. The van der Waals surface area contributed by atoms with Crippen molar-refractivity contribution >= 4 is 5.91 Å². The standard InChI is InChI=1S/C14H29N3O/c1-4-10-17(12(3)14(18)16-5-2)11-13-6-8-15-9-7-13/h12-13,15H,4-11H2,1-3H3,(H,16,18). The number of nitrogens with one attached hydrogen (secondary N) is 2. The predicted octanol–water partition coefficient (Wildman–Crippen LogP) is 1.22. The first kappa shape index (κ1) is 15.4. The van der Waals surface area contributed by atoms with E-state index in [1.807, 2.05) is 13.8 Å². The van der Waals surface area contributed by atoms with E-state index in [9.17, 15) is 4.79 Å². The van der Waals surface area contributed by atoms with Crippen LogP contribution in [0.1, 0.15) is 40.0 Å². The Morgan fingerprint density at radius 3 is 2.61 bits per heavy atom.